The van der Waals surface area contributed by atoms with Crippen LogP contribution in [-0.4, -0.2) is 44.5 Å². The van der Waals surface area contributed by atoms with Crippen molar-refractivity contribution in [3.63, 3.8) is 0 Å². The van der Waals surface area contributed by atoms with Gasteiger partial charge < -0.3 is 20.5 Å². The average molecular weight is 366 g/mol. The summed E-state index contributed by atoms with van der Waals surface area (Å²) in [6.45, 7) is 0.408. The largest absolute Gasteiger partial charge is 0.368 e. The van der Waals surface area contributed by atoms with Gasteiger partial charge in [0.25, 0.3) is 0 Å². The summed E-state index contributed by atoms with van der Waals surface area (Å²) in [6, 6.07) is 7.90. The molecule has 9 nitrogen and oxygen atoms in total. The zero-order valence-corrected chi connectivity index (χ0v) is 15.4. The Hall–Kier alpha value is -3.23. The lowest BCUT2D eigenvalue weighted by molar-refractivity contribution is -0.121. The van der Waals surface area contributed by atoms with E-state index in [0.717, 1.165) is 29.7 Å². The lowest BCUT2D eigenvalue weighted by Gasteiger charge is -2.12. The van der Waals surface area contributed by atoms with Crippen LogP contribution in [0.2, 0.25) is 0 Å². The van der Waals surface area contributed by atoms with Gasteiger partial charge in [0.05, 0.1) is 17.6 Å². The first-order valence-electron chi connectivity index (χ1n) is 8.91. The van der Waals surface area contributed by atoms with E-state index in [4.69, 9.17) is 10.7 Å². The highest BCUT2D eigenvalue weighted by molar-refractivity contribution is 5.81. The zero-order valence-electron chi connectivity index (χ0n) is 15.4. The normalized spacial score (nSPS) is 13.7. The number of rotatable bonds is 6. The monoisotopic (exact) mass is 366 g/mol. The van der Waals surface area contributed by atoms with Crippen LogP contribution in [-0.2, 0) is 17.9 Å². The number of para-hydroxylation sites is 2. The molecule has 0 atom stereocenters. The van der Waals surface area contributed by atoms with E-state index in [1.165, 1.54) is 0 Å². The molecule has 0 unspecified atom stereocenters. The van der Waals surface area contributed by atoms with E-state index >= 15 is 0 Å². The number of hydrogen-bond donors (Lipinski definition) is 2. The van der Waals surface area contributed by atoms with Gasteiger partial charge in [-0.2, -0.15) is 15.0 Å². The van der Waals surface area contributed by atoms with Gasteiger partial charge in [-0.25, -0.2) is 4.98 Å². The fourth-order valence-electron chi connectivity index (χ4n) is 2.99. The minimum absolute atomic E-state index is 0.120. The summed E-state index contributed by atoms with van der Waals surface area (Å²) >= 11 is 0. The topological polar surface area (TPSA) is 115 Å². The van der Waals surface area contributed by atoms with Crippen molar-refractivity contribution >= 4 is 28.8 Å². The molecule has 1 amide bonds. The molecule has 9 heteroatoms. The Bertz CT molecular complexity index is 992. The molecule has 27 heavy (non-hydrogen) atoms. The zero-order chi connectivity index (χ0) is 19.0. The van der Waals surface area contributed by atoms with Gasteiger partial charge >= 0.3 is 0 Å². The van der Waals surface area contributed by atoms with Crippen LogP contribution >= 0.6 is 0 Å². The van der Waals surface area contributed by atoms with E-state index in [9.17, 15) is 4.79 Å². The number of nitrogens with zero attached hydrogens (tertiary/aromatic N) is 6. The summed E-state index contributed by atoms with van der Waals surface area (Å²) in [5.74, 6) is 2.35. The molecule has 3 aromatic rings. The molecule has 4 rings (SSSR count). The SMILES string of the molecule is CN(C)c1nc(N)nc(CNC(=O)Cn2c(C3CC3)nc3ccccc32)n1. The van der Waals surface area contributed by atoms with Crippen LogP contribution in [0.1, 0.15) is 30.4 Å². The summed E-state index contributed by atoms with van der Waals surface area (Å²) in [5, 5.41) is 2.87. The van der Waals surface area contributed by atoms with Gasteiger partial charge in [0, 0.05) is 20.0 Å². The molecule has 1 aliphatic carbocycles. The summed E-state index contributed by atoms with van der Waals surface area (Å²) < 4.78 is 2.01. The van der Waals surface area contributed by atoms with Gasteiger partial charge in [0.15, 0.2) is 5.82 Å². The van der Waals surface area contributed by atoms with E-state index in [0.29, 0.717) is 17.7 Å². The Morgan fingerprint density at radius 2 is 2.00 bits per heavy atom. The lowest BCUT2D eigenvalue weighted by atomic mass is 10.3. The van der Waals surface area contributed by atoms with Gasteiger partial charge in [-0.15, -0.1) is 0 Å². The van der Waals surface area contributed by atoms with Crippen LogP contribution in [0.5, 0.6) is 0 Å². The number of amides is 1. The standard InChI is InChI=1S/C18H22N8O/c1-25(2)18-23-14(22-17(19)24-18)9-20-15(27)10-26-13-6-4-3-5-12(13)21-16(26)11-7-8-11/h3-6,11H,7-10H2,1-2H3,(H,20,27)(H2,19,22,23,24). The molecular formula is C18H22N8O. The fraction of sp³-hybridized carbons (Fsp3) is 0.389. The van der Waals surface area contributed by atoms with Crippen molar-refractivity contribution in [2.75, 3.05) is 24.7 Å². The average Bonchev–Trinajstić information content (AvgIpc) is 3.42. The Balaban J connectivity index is 1.49. The van der Waals surface area contributed by atoms with Crippen molar-refractivity contribution in [2.45, 2.75) is 31.8 Å². The van der Waals surface area contributed by atoms with Crippen molar-refractivity contribution in [3.8, 4) is 0 Å². The van der Waals surface area contributed by atoms with Gasteiger partial charge in [-0.3, -0.25) is 4.79 Å². The molecule has 1 fully saturated rings. The number of imidazole rings is 1. The Kier molecular flexibility index (Phi) is 4.35. The first-order chi connectivity index (χ1) is 13.0. The number of benzene rings is 1. The predicted octanol–water partition coefficient (Wildman–Crippen LogP) is 1.06. The molecule has 0 radical (unpaired) electrons. The molecular weight excluding hydrogens is 344 g/mol. The maximum Gasteiger partial charge on any atom is 0.240 e. The molecule has 140 valence electrons. The number of hydrogen-bond acceptors (Lipinski definition) is 7. The quantitative estimate of drug-likeness (QED) is 0.670. The van der Waals surface area contributed by atoms with Crippen molar-refractivity contribution in [2.24, 2.45) is 0 Å². The number of anilines is 2. The number of carbonyl (C=O) groups is 1. The third-order valence-electron chi connectivity index (χ3n) is 4.46. The van der Waals surface area contributed by atoms with E-state index < -0.39 is 0 Å². The van der Waals surface area contributed by atoms with Crippen molar-refractivity contribution in [3.05, 3.63) is 35.9 Å². The first kappa shape index (κ1) is 17.2. The fourth-order valence-corrected chi connectivity index (χ4v) is 2.99. The smallest absolute Gasteiger partial charge is 0.240 e. The Labute approximate surface area is 156 Å². The van der Waals surface area contributed by atoms with E-state index in [2.05, 4.69) is 20.3 Å². The van der Waals surface area contributed by atoms with Crippen LogP contribution in [0.3, 0.4) is 0 Å². The van der Waals surface area contributed by atoms with E-state index in [1.54, 1.807) is 4.90 Å². The summed E-state index contributed by atoms with van der Waals surface area (Å²) in [7, 11) is 3.64. The van der Waals surface area contributed by atoms with Crippen molar-refractivity contribution in [1.82, 2.24) is 29.8 Å². The number of nitrogens with two attached hydrogens (primary N) is 1. The highest BCUT2D eigenvalue weighted by Crippen LogP contribution is 2.40. The predicted molar refractivity (Wildman–Crippen MR) is 102 cm³/mol. The maximum absolute atomic E-state index is 12.6. The minimum atomic E-state index is -0.120. The van der Waals surface area contributed by atoms with Gasteiger partial charge in [0.1, 0.15) is 12.4 Å². The van der Waals surface area contributed by atoms with Crippen LogP contribution < -0.4 is 16.0 Å². The van der Waals surface area contributed by atoms with E-state index in [1.807, 2.05) is 42.9 Å². The summed E-state index contributed by atoms with van der Waals surface area (Å²) in [6.07, 6.45) is 2.25. The van der Waals surface area contributed by atoms with Gasteiger partial charge in [0.2, 0.25) is 17.8 Å². The molecule has 1 aromatic carbocycles. The van der Waals surface area contributed by atoms with Crippen LogP contribution in [0.15, 0.2) is 24.3 Å². The number of fused-ring (bicyclic) bond motifs is 1. The number of nitrogen functional groups attached to an aromatic ring is 1. The highest BCUT2D eigenvalue weighted by atomic mass is 16.1. The highest BCUT2D eigenvalue weighted by Gasteiger charge is 2.30. The Morgan fingerprint density at radius 1 is 1.22 bits per heavy atom. The van der Waals surface area contributed by atoms with Crippen LogP contribution in [0.25, 0.3) is 11.0 Å². The minimum Gasteiger partial charge on any atom is -0.368 e. The third-order valence-corrected chi connectivity index (χ3v) is 4.46. The first-order valence-corrected chi connectivity index (χ1v) is 8.91. The molecule has 2 heterocycles. The molecule has 0 bridgehead atoms. The number of aromatic nitrogens is 5. The number of nitrogens with one attached hydrogen (secondary N) is 1. The van der Waals surface area contributed by atoms with Crippen LogP contribution in [0, 0.1) is 0 Å². The lowest BCUT2D eigenvalue weighted by Crippen LogP contribution is -2.29. The molecule has 1 saturated carbocycles. The van der Waals surface area contributed by atoms with Crippen molar-refractivity contribution in [1.29, 1.82) is 0 Å². The summed E-state index contributed by atoms with van der Waals surface area (Å²) in [4.78, 5) is 31.4. The number of carbonyl (C=O) groups excluding carboxylic acids is 1. The molecule has 1 aliphatic rings. The second-order valence-corrected chi connectivity index (χ2v) is 6.90. The third kappa shape index (κ3) is 3.67. The van der Waals surface area contributed by atoms with Crippen molar-refractivity contribution < 1.29 is 4.79 Å². The second-order valence-electron chi connectivity index (χ2n) is 6.90. The summed E-state index contributed by atoms with van der Waals surface area (Å²) in [5.41, 5.74) is 7.63. The molecule has 0 spiro atoms. The molecule has 3 N–H and O–H groups in total. The molecule has 0 aliphatic heterocycles. The molecule has 2 aromatic heterocycles. The van der Waals surface area contributed by atoms with Gasteiger partial charge in [-0.05, 0) is 25.0 Å². The second kappa shape index (κ2) is 6.82. The van der Waals surface area contributed by atoms with E-state index in [-0.39, 0.29) is 24.9 Å². The Morgan fingerprint density at radius 3 is 2.74 bits per heavy atom. The van der Waals surface area contributed by atoms with Gasteiger partial charge in [-0.1, -0.05) is 12.1 Å². The van der Waals surface area contributed by atoms with Crippen LogP contribution in [0.4, 0.5) is 11.9 Å². The maximum atomic E-state index is 12.6. The molecule has 0 saturated heterocycles.